The van der Waals surface area contributed by atoms with E-state index < -0.39 is 35.6 Å². The smallest absolute Gasteiger partial charge is 0.439 e. The Bertz CT molecular complexity index is 358. The SMILES string of the molecule is O=C1OC(C(=O)O)(C(F)(F)F)CC12CCC2. The van der Waals surface area contributed by atoms with E-state index in [-0.39, 0.29) is 12.8 Å². The molecule has 1 saturated carbocycles. The van der Waals surface area contributed by atoms with Gasteiger partial charge in [-0.1, -0.05) is 6.42 Å². The molecule has 0 aromatic heterocycles. The number of carboxylic acids is 1. The number of cyclic esters (lactones) is 1. The van der Waals surface area contributed by atoms with Crippen LogP contribution in [0.3, 0.4) is 0 Å². The third kappa shape index (κ3) is 1.17. The predicted molar refractivity (Wildman–Crippen MR) is 43.4 cm³/mol. The van der Waals surface area contributed by atoms with E-state index in [2.05, 4.69) is 4.74 Å². The summed E-state index contributed by atoms with van der Waals surface area (Å²) in [5.74, 6) is -3.17. The van der Waals surface area contributed by atoms with Gasteiger partial charge in [0.15, 0.2) is 0 Å². The number of carbonyl (C=O) groups excluding carboxylic acids is 1. The van der Waals surface area contributed by atoms with Crippen molar-refractivity contribution in [2.75, 3.05) is 0 Å². The first-order valence-corrected chi connectivity index (χ1v) is 4.77. The van der Waals surface area contributed by atoms with E-state index in [1.54, 1.807) is 0 Å². The average Bonchev–Trinajstić information content (AvgIpc) is 2.37. The lowest BCUT2D eigenvalue weighted by Gasteiger charge is -2.34. The Morgan fingerprint density at radius 1 is 1.38 bits per heavy atom. The summed E-state index contributed by atoms with van der Waals surface area (Å²) in [6.07, 6.45) is -4.69. The van der Waals surface area contributed by atoms with E-state index in [1.165, 1.54) is 0 Å². The minimum atomic E-state index is -5.08. The topological polar surface area (TPSA) is 63.6 Å². The molecule has 0 radical (unpaired) electrons. The second kappa shape index (κ2) is 2.89. The number of rotatable bonds is 1. The van der Waals surface area contributed by atoms with Crippen molar-refractivity contribution in [3.05, 3.63) is 0 Å². The number of carbonyl (C=O) groups is 2. The van der Waals surface area contributed by atoms with Crippen molar-refractivity contribution in [3.8, 4) is 0 Å². The second-order valence-corrected chi connectivity index (χ2v) is 4.33. The van der Waals surface area contributed by atoms with Gasteiger partial charge in [-0.15, -0.1) is 0 Å². The van der Waals surface area contributed by atoms with Gasteiger partial charge < -0.3 is 9.84 Å². The molecular formula is C9H9F3O4. The molecule has 1 unspecified atom stereocenters. The Hall–Kier alpha value is -1.27. The highest BCUT2D eigenvalue weighted by molar-refractivity contribution is 5.90. The normalized spacial score (nSPS) is 32.3. The molecule has 7 heteroatoms. The molecule has 1 aliphatic heterocycles. The summed E-state index contributed by atoms with van der Waals surface area (Å²) in [7, 11) is 0. The van der Waals surface area contributed by atoms with Crippen molar-refractivity contribution in [3.63, 3.8) is 0 Å². The monoisotopic (exact) mass is 238 g/mol. The van der Waals surface area contributed by atoms with E-state index in [9.17, 15) is 22.8 Å². The summed E-state index contributed by atoms with van der Waals surface area (Å²) in [4.78, 5) is 22.1. The maximum Gasteiger partial charge on any atom is 0.439 e. The van der Waals surface area contributed by atoms with Crippen molar-refractivity contribution in [1.29, 1.82) is 0 Å². The first-order valence-electron chi connectivity index (χ1n) is 4.77. The molecule has 0 aromatic rings. The lowest BCUT2D eigenvalue weighted by Crippen LogP contribution is -2.52. The Balaban J connectivity index is 2.38. The molecule has 2 aliphatic rings. The first-order chi connectivity index (χ1) is 7.24. The summed E-state index contributed by atoms with van der Waals surface area (Å²) in [5.41, 5.74) is -4.56. The fraction of sp³-hybridized carbons (Fsp3) is 0.778. The number of alkyl halides is 3. The number of hydrogen-bond donors (Lipinski definition) is 1. The van der Waals surface area contributed by atoms with Crippen LogP contribution in [0.5, 0.6) is 0 Å². The highest BCUT2D eigenvalue weighted by atomic mass is 19.4. The number of aliphatic carboxylic acids is 1. The fourth-order valence-electron chi connectivity index (χ4n) is 2.23. The van der Waals surface area contributed by atoms with Gasteiger partial charge in [-0.25, -0.2) is 4.79 Å². The molecule has 2 rings (SSSR count). The number of ether oxygens (including phenoxy) is 1. The highest BCUT2D eigenvalue weighted by Gasteiger charge is 2.74. The molecule has 2 fully saturated rings. The number of halogens is 3. The fourth-order valence-corrected chi connectivity index (χ4v) is 2.23. The van der Waals surface area contributed by atoms with Crippen molar-refractivity contribution in [1.82, 2.24) is 0 Å². The molecule has 0 aromatic carbocycles. The van der Waals surface area contributed by atoms with E-state index in [0.717, 1.165) is 0 Å². The molecule has 16 heavy (non-hydrogen) atoms. The zero-order chi connectivity index (χ0) is 12.2. The van der Waals surface area contributed by atoms with Crippen LogP contribution in [0.25, 0.3) is 0 Å². The van der Waals surface area contributed by atoms with Gasteiger partial charge in [0.25, 0.3) is 0 Å². The van der Waals surface area contributed by atoms with Crippen LogP contribution >= 0.6 is 0 Å². The lowest BCUT2D eigenvalue weighted by atomic mass is 9.65. The molecule has 0 bridgehead atoms. The molecule has 1 N–H and O–H groups in total. The van der Waals surface area contributed by atoms with Crippen molar-refractivity contribution in [2.24, 2.45) is 5.41 Å². The van der Waals surface area contributed by atoms with Crippen LogP contribution in [0.1, 0.15) is 25.7 Å². The summed E-state index contributed by atoms with van der Waals surface area (Å²) in [6.45, 7) is 0. The zero-order valence-corrected chi connectivity index (χ0v) is 8.13. The summed E-state index contributed by atoms with van der Waals surface area (Å²) < 4.78 is 42.2. The summed E-state index contributed by atoms with van der Waals surface area (Å²) in [5, 5.41) is 8.67. The molecule has 1 saturated heterocycles. The van der Waals surface area contributed by atoms with Gasteiger partial charge in [-0.05, 0) is 12.8 Å². The average molecular weight is 238 g/mol. The Morgan fingerprint density at radius 3 is 2.12 bits per heavy atom. The quantitative estimate of drug-likeness (QED) is 0.703. The van der Waals surface area contributed by atoms with Crippen LogP contribution in [-0.2, 0) is 14.3 Å². The zero-order valence-electron chi connectivity index (χ0n) is 8.13. The van der Waals surface area contributed by atoms with Gasteiger partial charge in [0.2, 0.25) is 0 Å². The van der Waals surface area contributed by atoms with Crippen molar-refractivity contribution >= 4 is 11.9 Å². The van der Waals surface area contributed by atoms with Gasteiger partial charge in [-0.2, -0.15) is 13.2 Å². The van der Waals surface area contributed by atoms with E-state index in [0.29, 0.717) is 6.42 Å². The van der Waals surface area contributed by atoms with Gasteiger partial charge in [0, 0.05) is 6.42 Å². The number of carboxylic acid groups (broad SMARTS) is 1. The van der Waals surface area contributed by atoms with Crippen LogP contribution in [0.15, 0.2) is 0 Å². The van der Waals surface area contributed by atoms with Gasteiger partial charge >= 0.3 is 23.7 Å². The van der Waals surface area contributed by atoms with Gasteiger partial charge in [0.1, 0.15) is 0 Å². The molecular weight excluding hydrogens is 229 g/mol. The third-order valence-corrected chi connectivity index (χ3v) is 3.40. The second-order valence-electron chi connectivity index (χ2n) is 4.33. The van der Waals surface area contributed by atoms with Crippen LogP contribution in [-0.4, -0.2) is 28.8 Å². The predicted octanol–water partition coefficient (Wildman–Crippen LogP) is 1.49. The number of esters is 1. The molecule has 1 heterocycles. The largest absolute Gasteiger partial charge is 0.478 e. The van der Waals surface area contributed by atoms with Crippen LogP contribution in [0, 0.1) is 5.41 Å². The lowest BCUT2D eigenvalue weighted by molar-refractivity contribution is -0.259. The van der Waals surface area contributed by atoms with E-state index in [1.807, 2.05) is 0 Å². The van der Waals surface area contributed by atoms with Crippen molar-refractivity contribution < 1.29 is 32.6 Å². The Kier molecular flexibility index (Phi) is 2.03. The van der Waals surface area contributed by atoms with E-state index in [4.69, 9.17) is 5.11 Å². The van der Waals surface area contributed by atoms with Gasteiger partial charge in [0.05, 0.1) is 5.41 Å². The minimum Gasteiger partial charge on any atom is -0.478 e. The molecule has 1 aliphatic carbocycles. The van der Waals surface area contributed by atoms with Crippen LogP contribution in [0.4, 0.5) is 13.2 Å². The molecule has 0 amide bonds. The third-order valence-electron chi connectivity index (χ3n) is 3.40. The molecule has 1 spiro atoms. The molecule has 4 nitrogen and oxygen atoms in total. The van der Waals surface area contributed by atoms with Crippen molar-refractivity contribution in [2.45, 2.75) is 37.5 Å². The standard InChI is InChI=1S/C9H9F3O4/c10-9(11,12)8(5(13)14)4-7(2-1-3-7)6(15)16-8/h1-4H2,(H,13,14). The van der Waals surface area contributed by atoms with Gasteiger partial charge in [-0.3, -0.25) is 4.79 Å². The molecule has 90 valence electrons. The highest BCUT2D eigenvalue weighted by Crippen LogP contribution is 2.57. The van der Waals surface area contributed by atoms with E-state index >= 15 is 0 Å². The summed E-state index contributed by atoms with van der Waals surface area (Å²) in [6, 6.07) is 0. The van der Waals surface area contributed by atoms with Crippen LogP contribution < -0.4 is 0 Å². The van der Waals surface area contributed by atoms with Crippen LogP contribution in [0.2, 0.25) is 0 Å². The summed E-state index contributed by atoms with van der Waals surface area (Å²) >= 11 is 0. The maximum absolute atomic E-state index is 12.7. The Labute approximate surface area is 88.4 Å². The first kappa shape index (κ1) is 11.2. The minimum absolute atomic E-state index is 0.275. The number of hydrogen-bond acceptors (Lipinski definition) is 3. The molecule has 1 atom stereocenters. The maximum atomic E-state index is 12.7. The Morgan fingerprint density at radius 2 is 1.94 bits per heavy atom.